The van der Waals surface area contributed by atoms with Gasteiger partial charge in [-0.15, -0.1) is 0 Å². The minimum atomic E-state index is -4.97. The molecule has 0 saturated heterocycles. The van der Waals surface area contributed by atoms with Crippen molar-refractivity contribution < 1.29 is 80.2 Å². The molecule has 0 aromatic carbocycles. The molecular formula is C87H170O17P2. The molecule has 0 fully saturated rings. The molecule has 5 atom stereocenters. The highest BCUT2D eigenvalue weighted by Crippen LogP contribution is 2.45. The lowest BCUT2D eigenvalue weighted by Crippen LogP contribution is -2.30. The van der Waals surface area contributed by atoms with Gasteiger partial charge >= 0.3 is 39.5 Å². The van der Waals surface area contributed by atoms with Crippen molar-refractivity contribution in [3.05, 3.63) is 0 Å². The lowest BCUT2D eigenvalue weighted by molar-refractivity contribution is -0.161. The maximum absolute atomic E-state index is 13.2. The van der Waals surface area contributed by atoms with Crippen LogP contribution in [-0.2, 0) is 65.4 Å². The number of phosphoric acid groups is 2. The number of esters is 4. The van der Waals surface area contributed by atoms with Crippen LogP contribution in [0, 0.1) is 11.8 Å². The molecule has 3 N–H and O–H groups in total. The van der Waals surface area contributed by atoms with Crippen molar-refractivity contribution in [3.63, 3.8) is 0 Å². The van der Waals surface area contributed by atoms with Gasteiger partial charge in [0.25, 0.3) is 0 Å². The Morgan fingerprint density at radius 3 is 0.642 bits per heavy atom. The molecule has 0 rings (SSSR count). The highest BCUT2D eigenvalue weighted by Gasteiger charge is 2.30. The number of ether oxygens (including phenoxy) is 4. The van der Waals surface area contributed by atoms with Crippen molar-refractivity contribution in [2.24, 2.45) is 11.8 Å². The van der Waals surface area contributed by atoms with Gasteiger partial charge in [-0.2, -0.15) is 0 Å². The van der Waals surface area contributed by atoms with E-state index in [1.54, 1.807) is 0 Å². The molecule has 17 nitrogen and oxygen atoms in total. The summed E-state index contributed by atoms with van der Waals surface area (Å²) in [5.74, 6) is -0.558. The monoisotopic (exact) mass is 1550 g/mol. The van der Waals surface area contributed by atoms with Crippen LogP contribution >= 0.6 is 15.6 Å². The van der Waals surface area contributed by atoms with E-state index < -0.39 is 97.5 Å². The van der Waals surface area contributed by atoms with Gasteiger partial charge in [0.1, 0.15) is 19.3 Å². The van der Waals surface area contributed by atoms with Crippen LogP contribution in [0.3, 0.4) is 0 Å². The number of aliphatic hydroxyl groups excluding tert-OH is 1. The predicted molar refractivity (Wildman–Crippen MR) is 437 cm³/mol. The molecule has 630 valence electrons. The minimum absolute atomic E-state index is 0.108. The second-order valence-corrected chi connectivity index (χ2v) is 35.1. The summed E-state index contributed by atoms with van der Waals surface area (Å²) in [5.41, 5.74) is 0. The van der Waals surface area contributed by atoms with Gasteiger partial charge in [0.2, 0.25) is 0 Å². The highest BCUT2D eigenvalue weighted by atomic mass is 31.2. The third-order valence-electron chi connectivity index (χ3n) is 20.5. The van der Waals surface area contributed by atoms with Crippen molar-refractivity contribution in [3.8, 4) is 0 Å². The first-order valence-electron chi connectivity index (χ1n) is 45.0. The molecule has 0 spiro atoms. The number of aliphatic hydroxyl groups is 1. The van der Waals surface area contributed by atoms with Crippen LogP contribution in [0.2, 0.25) is 0 Å². The summed E-state index contributed by atoms with van der Waals surface area (Å²) in [4.78, 5) is 73.3. The van der Waals surface area contributed by atoms with E-state index in [2.05, 4.69) is 41.5 Å². The fraction of sp³-hybridized carbons (Fsp3) is 0.954. The zero-order valence-corrected chi connectivity index (χ0v) is 71.5. The Labute approximate surface area is 651 Å². The van der Waals surface area contributed by atoms with E-state index in [9.17, 15) is 43.2 Å². The molecule has 0 bridgehead atoms. The van der Waals surface area contributed by atoms with E-state index >= 15 is 0 Å². The van der Waals surface area contributed by atoms with Gasteiger partial charge in [0.15, 0.2) is 12.2 Å². The van der Waals surface area contributed by atoms with Gasteiger partial charge in [0, 0.05) is 25.7 Å². The van der Waals surface area contributed by atoms with Crippen molar-refractivity contribution in [1.29, 1.82) is 0 Å². The predicted octanol–water partition coefficient (Wildman–Crippen LogP) is 26.6. The fourth-order valence-corrected chi connectivity index (χ4v) is 15.2. The quantitative estimate of drug-likeness (QED) is 0.0222. The van der Waals surface area contributed by atoms with Crippen LogP contribution in [0.1, 0.15) is 465 Å². The first kappa shape index (κ1) is 104. The van der Waals surface area contributed by atoms with Crippen molar-refractivity contribution >= 4 is 39.5 Å². The average molecular weight is 1550 g/mol. The van der Waals surface area contributed by atoms with E-state index in [1.165, 1.54) is 283 Å². The molecule has 0 amide bonds. The minimum Gasteiger partial charge on any atom is -0.462 e. The lowest BCUT2D eigenvalue weighted by Gasteiger charge is -2.21. The SMILES string of the molecule is CCCCCCCCCCCCCCCCCCCCCCCCC(=O)O[C@H](COC(=O)CCCCCCCCCCCCCCCCC(C)C)COP(=O)(O)OC[C@@H](O)COP(=O)(O)OC[C@@H](COC(=O)CCCCCCCCCCCC(C)C)OC(=O)CCCCCCCCCCCCCCCCC. The summed E-state index contributed by atoms with van der Waals surface area (Å²) in [6, 6.07) is 0. The Morgan fingerprint density at radius 2 is 0.434 bits per heavy atom. The Bertz CT molecular complexity index is 2030. The van der Waals surface area contributed by atoms with Gasteiger partial charge in [-0.3, -0.25) is 37.3 Å². The summed E-state index contributed by atoms with van der Waals surface area (Å²) in [5, 5.41) is 10.7. The van der Waals surface area contributed by atoms with Crippen molar-refractivity contribution in [1.82, 2.24) is 0 Å². The average Bonchev–Trinajstić information content (AvgIpc) is 1.07. The molecule has 0 aliphatic rings. The summed E-state index contributed by atoms with van der Waals surface area (Å²) in [7, 11) is -9.93. The molecule has 0 aromatic heterocycles. The van der Waals surface area contributed by atoms with E-state index in [1.807, 2.05) is 0 Å². The van der Waals surface area contributed by atoms with Crippen LogP contribution < -0.4 is 0 Å². The third-order valence-corrected chi connectivity index (χ3v) is 22.4. The van der Waals surface area contributed by atoms with Crippen molar-refractivity contribution in [2.45, 2.75) is 484 Å². The van der Waals surface area contributed by atoms with Gasteiger partial charge in [-0.1, -0.05) is 414 Å². The Kier molecular flexibility index (Phi) is 76.9. The van der Waals surface area contributed by atoms with Crippen LogP contribution in [0.15, 0.2) is 0 Å². The maximum atomic E-state index is 13.2. The van der Waals surface area contributed by atoms with Crippen LogP contribution in [0.5, 0.6) is 0 Å². The number of carbonyl (C=O) groups excluding carboxylic acids is 4. The van der Waals surface area contributed by atoms with E-state index in [0.29, 0.717) is 25.7 Å². The van der Waals surface area contributed by atoms with Crippen LogP contribution in [-0.4, -0.2) is 96.7 Å². The largest absolute Gasteiger partial charge is 0.472 e. The molecule has 19 heteroatoms. The van der Waals surface area contributed by atoms with E-state index in [-0.39, 0.29) is 25.7 Å². The number of carbonyl (C=O) groups is 4. The van der Waals surface area contributed by atoms with Gasteiger partial charge in [0.05, 0.1) is 26.4 Å². The topological polar surface area (TPSA) is 237 Å². The van der Waals surface area contributed by atoms with E-state index in [0.717, 1.165) is 102 Å². The number of hydrogen-bond acceptors (Lipinski definition) is 15. The summed E-state index contributed by atoms with van der Waals surface area (Å²) in [6.07, 6.45) is 70.9. The van der Waals surface area contributed by atoms with Crippen LogP contribution in [0.4, 0.5) is 0 Å². The zero-order chi connectivity index (χ0) is 77.8. The second kappa shape index (κ2) is 78.3. The van der Waals surface area contributed by atoms with Gasteiger partial charge in [-0.05, 0) is 37.5 Å². The fourth-order valence-electron chi connectivity index (χ4n) is 13.6. The molecule has 106 heavy (non-hydrogen) atoms. The maximum Gasteiger partial charge on any atom is 0.472 e. The second-order valence-electron chi connectivity index (χ2n) is 32.2. The number of unbranched alkanes of at least 4 members (excludes halogenated alkanes) is 56. The molecule has 0 heterocycles. The molecule has 0 radical (unpaired) electrons. The van der Waals surface area contributed by atoms with Crippen LogP contribution in [0.25, 0.3) is 0 Å². The first-order valence-corrected chi connectivity index (χ1v) is 48.0. The molecule has 0 aliphatic heterocycles. The van der Waals surface area contributed by atoms with Crippen molar-refractivity contribution in [2.75, 3.05) is 39.6 Å². The smallest absolute Gasteiger partial charge is 0.462 e. The molecular weight excluding hydrogens is 1380 g/mol. The van der Waals surface area contributed by atoms with Gasteiger partial charge in [-0.25, -0.2) is 9.13 Å². The highest BCUT2D eigenvalue weighted by molar-refractivity contribution is 7.47. The molecule has 0 saturated carbocycles. The number of rotatable bonds is 86. The molecule has 2 unspecified atom stereocenters. The summed E-state index contributed by atoms with van der Waals surface area (Å²) < 4.78 is 68.9. The number of phosphoric ester groups is 2. The summed E-state index contributed by atoms with van der Waals surface area (Å²) in [6.45, 7) is 9.68. The Hall–Kier alpha value is -1.94. The molecule has 0 aliphatic carbocycles. The number of hydrogen-bond donors (Lipinski definition) is 3. The lowest BCUT2D eigenvalue weighted by atomic mass is 10.0. The standard InChI is InChI=1S/C87H170O17P2/c1-7-9-11-13-15-17-19-21-23-24-25-26-27-28-29-31-37-41-47-54-60-66-72-87(92)103-82(75-97-84(89)69-63-57-51-45-39-35-33-32-34-38-43-49-55-61-67-79(3)4)77-101-105(93,94)99-73-81(88)74-100-106(95,96)102-78-83(76-98-85(90)70-64-58-52-48-42-44-50-56-62-68-80(5)6)104-86(91)71-65-59-53-46-40-36-30-22-20-18-16-14-12-10-8-2/h79-83,88H,7-78H2,1-6H3,(H,93,94)(H,95,96)/t81-,82-,83-/m1/s1. The zero-order valence-electron chi connectivity index (χ0n) is 69.7. The van der Waals surface area contributed by atoms with E-state index in [4.69, 9.17) is 37.0 Å². The molecule has 0 aromatic rings. The third kappa shape index (κ3) is 80.1. The normalized spacial score (nSPS) is 13.8. The Balaban J connectivity index is 5.24. The van der Waals surface area contributed by atoms with Gasteiger partial charge < -0.3 is 33.8 Å². The summed E-state index contributed by atoms with van der Waals surface area (Å²) >= 11 is 0. The first-order chi connectivity index (χ1) is 51.4. The Morgan fingerprint density at radius 1 is 0.255 bits per heavy atom.